The number of nitrogens with zero attached hydrogens (tertiary/aromatic N) is 2. The van der Waals surface area contributed by atoms with Gasteiger partial charge in [-0.05, 0) is 54.4 Å². The first-order valence-electron chi connectivity index (χ1n) is 9.86. The largest absolute Gasteiger partial charge is 0.273 e. The average Bonchev–Trinajstić information content (AvgIpc) is 3.27. The van der Waals surface area contributed by atoms with Gasteiger partial charge in [0.1, 0.15) is 5.92 Å². The standard InChI is InChI=1S/C24H18BrClN2O3/c1-14-10-11-17(26)13-19(14)27-23(29)20-21(15-6-5-7-16(25)12-15)28(31-22(20)24(27)30)18-8-3-2-4-9-18/h2-13,20-22H,1H3/t20-,21+,22-/m1/s1. The van der Waals surface area contributed by atoms with E-state index in [2.05, 4.69) is 15.9 Å². The van der Waals surface area contributed by atoms with Crippen LogP contribution in [0.25, 0.3) is 0 Å². The monoisotopic (exact) mass is 496 g/mol. The number of rotatable bonds is 3. The molecule has 0 radical (unpaired) electrons. The fourth-order valence-corrected chi connectivity index (χ4v) is 4.89. The molecule has 0 bridgehead atoms. The lowest BCUT2D eigenvalue weighted by molar-refractivity contribution is -0.126. The number of fused-ring (bicyclic) bond motifs is 1. The molecule has 156 valence electrons. The van der Waals surface area contributed by atoms with Gasteiger partial charge in [-0.1, -0.05) is 63.9 Å². The van der Waals surface area contributed by atoms with E-state index in [1.807, 2.05) is 61.5 Å². The number of hydroxylamine groups is 1. The number of benzene rings is 3. The molecule has 5 rings (SSSR count). The van der Waals surface area contributed by atoms with Crippen LogP contribution in [0.3, 0.4) is 0 Å². The van der Waals surface area contributed by atoms with Gasteiger partial charge in [-0.25, -0.2) is 9.96 Å². The minimum atomic E-state index is -0.907. The van der Waals surface area contributed by atoms with Crippen LogP contribution in [0.15, 0.2) is 77.3 Å². The number of carbonyl (C=O) groups is 2. The zero-order chi connectivity index (χ0) is 21.7. The van der Waals surface area contributed by atoms with E-state index in [0.29, 0.717) is 10.7 Å². The average molecular weight is 498 g/mol. The van der Waals surface area contributed by atoms with Crippen LogP contribution < -0.4 is 9.96 Å². The number of hydrogen-bond donors (Lipinski definition) is 0. The minimum Gasteiger partial charge on any atom is -0.273 e. The molecule has 2 heterocycles. The number of amides is 2. The molecule has 31 heavy (non-hydrogen) atoms. The lowest BCUT2D eigenvalue weighted by Crippen LogP contribution is -2.37. The maximum absolute atomic E-state index is 13.7. The second kappa shape index (κ2) is 7.79. The van der Waals surface area contributed by atoms with Crippen LogP contribution in [0.2, 0.25) is 5.02 Å². The third-order valence-electron chi connectivity index (χ3n) is 5.73. The highest BCUT2D eigenvalue weighted by molar-refractivity contribution is 9.10. The van der Waals surface area contributed by atoms with Gasteiger partial charge in [0.2, 0.25) is 5.91 Å². The molecule has 2 saturated heterocycles. The van der Waals surface area contributed by atoms with Crippen molar-refractivity contribution in [1.82, 2.24) is 0 Å². The first kappa shape index (κ1) is 20.2. The van der Waals surface area contributed by atoms with Crippen LogP contribution >= 0.6 is 27.5 Å². The Morgan fingerprint density at radius 3 is 2.45 bits per heavy atom. The summed E-state index contributed by atoms with van der Waals surface area (Å²) in [4.78, 5) is 34.4. The van der Waals surface area contributed by atoms with E-state index in [4.69, 9.17) is 16.4 Å². The molecule has 0 aliphatic carbocycles. The van der Waals surface area contributed by atoms with Gasteiger partial charge in [-0.3, -0.25) is 14.4 Å². The fourth-order valence-electron chi connectivity index (χ4n) is 4.30. The van der Waals surface area contributed by atoms with E-state index in [1.54, 1.807) is 23.3 Å². The zero-order valence-corrected chi connectivity index (χ0v) is 18.9. The maximum atomic E-state index is 13.7. The Hall–Kier alpha value is -2.67. The van der Waals surface area contributed by atoms with Crippen molar-refractivity contribution in [2.24, 2.45) is 5.92 Å². The van der Waals surface area contributed by atoms with Crippen molar-refractivity contribution in [3.05, 3.63) is 93.4 Å². The van der Waals surface area contributed by atoms with Gasteiger partial charge < -0.3 is 0 Å². The molecule has 0 unspecified atom stereocenters. The summed E-state index contributed by atoms with van der Waals surface area (Å²) in [7, 11) is 0. The van der Waals surface area contributed by atoms with Gasteiger partial charge >= 0.3 is 0 Å². The molecule has 3 aromatic rings. The van der Waals surface area contributed by atoms with Crippen molar-refractivity contribution < 1.29 is 14.4 Å². The minimum absolute atomic E-state index is 0.288. The summed E-state index contributed by atoms with van der Waals surface area (Å²) >= 11 is 9.68. The van der Waals surface area contributed by atoms with Crippen LogP contribution in [0.4, 0.5) is 11.4 Å². The van der Waals surface area contributed by atoms with Crippen molar-refractivity contribution in [3.63, 3.8) is 0 Å². The fraction of sp³-hybridized carbons (Fsp3) is 0.167. The molecular formula is C24H18BrClN2O3. The quantitative estimate of drug-likeness (QED) is 0.451. The van der Waals surface area contributed by atoms with Crippen molar-refractivity contribution in [3.8, 4) is 0 Å². The van der Waals surface area contributed by atoms with Crippen LogP contribution in [-0.2, 0) is 14.4 Å². The van der Waals surface area contributed by atoms with Crippen LogP contribution in [0, 0.1) is 12.8 Å². The summed E-state index contributed by atoms with van der Waals surface area (Å²) in [5, 5.41) is 2.16. The first-order chi connectivity index (χ1) is 15.0. The highest BCUT2D eigenvalue weighted by atomic mass is 79.9. The second-order valence-corrected chi connectivity index (χ2v) is 9.01. The zero-order valence-electron chi connectivity index (χ0n) is 16.5. The Balaban J connectivity index is 1.61. The van der Waals surface area contributed by atoms with E-state index in [0.717, 1.165) is 21.3 Å². The predicted octanol–water partition coefficient (Wildman–Crippen LogP) is 5.46. The third kappa shape index (κ3) is 3.35. The Morgan fingerprint density at radius 2 is 1.71 bits per heavy atom. The number of hydrogen-bond acceptors (Lipinski definition) is 4. The first-order valence-corrected chi connectivity index (χ1v) is 11.0. The van der Waals surface area contributed by atoms with Crippen LogP contribution in [0.1, 0.15) is 17.2 Å². The van der Waals surface area contributed by atoms with Gasteiger partial charge in [0.15, 0.2) is 6.10 Å². The number of para-hydroxylation sites is 1. The number of anilines is 2. The molecule has 7 heteroatoms. The van der Waals surface area contributed by atoms with Gasteiger partial charge in [0.25, 0.3) is 5.91 Å². The predicted molar refractivity (Wildman–Crippen MR) is 123 cm³/mol. The molecule has 0 aromatic heterocycles. The molecule has 0 saturated carbocycles. The molecule has 0 N–H and O–H groups in total. The third-order valence-corrected chi connectivity index (χ3v) is 6.46. The molecule has 2 amide bonds. The second-order valence-electron chi connectivity index (χ2n) is 7.66. The Morgan fingerprint density at radius 1 is 0.935 bits per heavy atom. The smallest absolute Gasteiger partial charge is 0.266 e. The molecule has 0 spiro atoms. The number of aryl methyl sites for hydroxylation is 1. The van der Waals surface area contributed by atoms with E-state index >= 15 is 0 Å². The highest BCUT2D eigenvalue weighted by Crippen LogP contribution is 2.48. The maximum Gasteiger partial charge on any atom is 0.266 e. The normalized spacial score (nSPS) is 22.9. The van der Waals surface area contributed by atoms with Crippen LogP contribution in [-0.4, -0.2) is 17.9 Å². The topological polar surface area (TPSA) is 49.9 Å². The lowest BCUT2D eigenvalue weighted by atomic mass is 9.90. The van der Waals surface area contributed by atoms with Gasteiger partial charge in [0.05, 0.1) is 17.4 Å². The molecular weight excluding hydrogens is 480 g/mol. The van der Waals surface area contributed by atoms with E-state index in [-0.39, 0.29) is 11.8 Å². The van der Waals surface area contributed by atoms with E-state index in [1.165, 1.54) is 4.90 Å². The van der Waals surface area contributed by atoms with Crippen molar-refractivity contribution in [1.29, 1.82) is 0 Å². The summed E-state index contributed by atoms with van der Waals surface area (Å²) in [6, 6.07) is 22.0. The number of carbonyl (C=O) groups excluding carboxylic acids is 2. The van der Waals surface area contributed by atoms with Crippen molar-refractivity contribution in [2.45, 2.75) is 19.1 Å². The Labute approximate surface area is 193 Å². The lowest BCUT2D eigenvalue weighted by Gasteiger charge is -2.29. The Bertz CT molecular complexity index is 1190. The summed E-state index contributed by atoms with van der Waals surface area (Å²) in [6.45, 7) is 1.85. The van der Waals surface area contributed by atoms with Gasteiger partial charge in [0, 0.05) is 9.50 Å². The molecule has 2 aliphatic rings. The molecule has 5 nitrogen and oxygen atoms in total. The molecule has 2 aliphatic heterocycles. The summed E-state index contributed by atoms with van der Waals surface area (Å²) in [5.41, 5.74) is 2.97. The van der Waals surface area contributed by atoms with Crippen molar-refractivity contribution >= 4 is 50.7 Å². The van der Waals surface area contributed by atoms with Crippen LogP contribution in [0.5, 0.6) is 0 Å². The SMILES string of the molecule is Cc1ccc(Cl)cc1N1C(=O)[C@H]2[C@@H](ON(c3ccccc3)[C@H]2c2cccc(Br)c2)C1=O. The molecule has 3 atom stereocenters. The Kier molecular flexibility index (Phi) is 5.08. The van der Waals surface area contributed by atoms with Crippen molar-refractivity contribution in [2.75, 3.05) is 9.96 Å². The molecule has 3 aromatic carbocycles. The molecule has 2 fully saturated rings. The number of halogens is 2. The number of imide groups is 1. The summed E-state index contributed by atoms with van der Waals surface area (Å²) in [5.74, 6) is -1.34. The summed E-state index contributed by atoms with van der Waals surface area (Å²) < 4.78 is 0.890. The summed E-state index contributed by atoms with van der Waals surface area (Å²) in [6.07, 6.45) is -0.907. The van der Waals surface area contributed by atoms with E-state index < -0.39 is 18.1 Å². The van der Waals surface area contributed by atoms with Gasteiger partial charge in [-0.2, -0.15) is 0 Å². The van der Waals surface area contributed by atoms with E-state index in [9.17, 15) is 9.59 Å². The highest BCUT2D eigenvalue weighted by Gasteiger charge is 2.60. The van der Waals surface area contributed by atoms with Gasteiger partial charge in [-0.15, -0.1) is 0 Å².